The van der Waals surface area contributed by atoms with Gasteiger partial charge in [0, 0.05) is 22.3 Å². The Morgan fingerprint density at radius 2 is 1.76 bits per heavy atom. The Hall–Kier alpha value is -2.63. The maximum absolute atomic E-state index is 12.6. The van der Waals surface area contributed by atoms with Gasteiger partial charge in [0.05, 0.1) is 17.8 Å². The third kappa shape index (κ3) is 5.25. The topological polar surface area (TPSA) is 47.4 Å². The van der Waals surface area contributed by atoms with Crippen LogP contribution >= 0.6 is 11.6 Å². The highest BCUT2D eigenvalue weighted by molar-refractivity contribution is 6.30. The molecule has 3 aromatic rings. The average molecular weight is 412 g/mol. The molecule has 6 heteroatoms. The van der Waals surface area contributed by atoms with E-state index in [1.165, 1.54) is 0 Å². The minimum Gasteiger partial charge on any atom is -0.446 e. The van der Waals surface area contributed by atoms with Crippen LogP contribution in [0.1, 0.15) is 26.3 Å². The van der Waals surface area contributed by atoms with Gasteiger partial charge in [-0.1, -0.05) is 55.8 Å². The zero-order chi connectivity index (χ0) is 20.8. The number of nitrogens with zero attached hydrogens (tertiary/aromatic N) is 3. The fourth-order valence-corrected chi connectivity index (χ4v) is 3.43. The number of rotatable bonds is 8. The summed E-state index contributed by atoms with van der Waals surface area (Å²) >= 11 is 6.03. The van der Waals surface area contributed by atoms with Crippen molar-refractivity contribution in [3.8, 4) is 16.9 Å². The summed E-state index contributed by atoms with van der Waals surface area (Å²) < 4.78 is 7.44. The highest BCUT2D eigenvalue weighted by Gasteiger charge is 2.19. The summed E-state index contributed by atoms with van der Waals surface area (Å²) in [5.74, 6) is -0.271. The Bertz CT molecular complexity index is 935. The fourth-order valence-electron chi connectivity index (χ4n) is 3.30. The van der Waals surface area contributed by atoms with Crippen molar-refractivity contribution >= 4 is 17.6 Å². The second-order valence-corrected chi connectivity index (χ2v) is 7.21. The van der Waals surface area contributed by atoms with Gasteiger partial charge in [0.15, 0.2) is 6.23 Å². The van der Waals surface area contributed by atoms with E-state index >= 15 is 0 Å². The molecular formula is C23H26ClN3O2. The Balaban J connectivity index is 1.89. The number of ether oxygens (including phenoxy) is 1. The van der Waals surface area contributed by atoms with Crippen LogP contribution in [0.25, 0.3) is 16.9 Å². The highest BCUT2D eigenvalue weighted by Crippen LogP contribution is 2.26. The van der Waals surface area contributed by atoms with Crippen LogP contribution in [0, 0.1) is 0 Å². The van der Waals surface area contributed by atoms with Crippen molar-refractivity contribution in [2.75, 3.05) is 13.1 Å². The second-order valence-electron chi connectivity index (χ2n) is 6.78. The molecule has 0 aliphatic rings. The number of aromatic nitrogens is 2. The van der Waals surface area contributed by atoms with Crippen molar-refractivity contribution < 1.29 is 9.53 Å². The minimum absolute atomic E-state index is 0.149. The van der Waals surface area contributed by atoms with E-state index in [4.69, 9.17) is 21.4 Å². The van der Waals surface area contributed by atoms with Gasteiger partial charge >= 0.3 is 5.97 Å². The monoisotopic (exact) mass is 411 g/mol. The van der Waals surface area contributed by atoms with Crippen molar-refractivity contribution in [2.24, 2.45) is 0 Å². The molecular weight excluding hydrogens is 386 g/mol. The molecule has 0 spiro atoms. The van der Waals surface area contributed by atoms with Crippen LogP contribution in [-0.2, 0) is 16.0 Å². The molecule has 0 aliphatic carbocycles. The Morgan fingerprint density at radius 1 is 1.10 bits per heavy atom. The number of carbonyl (C=O) groups is 1. The molecule has 0 saturated heterocycles. The summed E-state index contributed by atoms with van der Waals surface area (Å²) in [6.45, 7) is 7.66. The van der Waals surface area contributed by atoms with Crippen LogP contribution < -0.4 is 0 Å². The maximum atomic E-state index is 12.6. The number of halogens is 1. The zero-order valence-electron chi connectivity index (χ0n) is 17.0. The van der Waals surface area contributed by atoms with Crippen LogP contribution in [0.5, 0.6) is 0 Å². The number of para-hydroxylation sites is 1. The van der Waals surface area contributed by atoms with Gasteiger partial charge in [-0.25, -0.2) is 4.68 Å². The molecule has 152 valence electrons. The lowest BCUT2D eigenvalue weighted by atomic mass is 10.1. The van der Waals surface area contributed by atoms with Gasteiger partial charge in [-0.05, 0) is 44.3 Å². The molecule has 1 heterocycles. The van der Waals surface area contributed by atoms with Crippen LogP contribution in [0.4, 0.5) is 0 Å². The van der Waals surface area contributed by atoms with E-state index in [9.17, 15) is 4.79 Å². The van der Waals surface area contributed by atoms with Crippen molar-refractivity contribution in [1.82, 2.24) is 14.7 Å². The SMILES string of the molecule is CCN(CC)C(C)OC(=O)Cc1cn(-c2ccccc2)nc1-c1ccc(Cl)cc1. The summed E-state index contributed by atoms with van der Waals surface area (Å²) in [5, 5.41) is 5.39. The molecule has 1 unspecified atom stereocenters. The number of hydrogen-bond acceptors (Lipinski definition) is 4. The zero-order valence-corrected chi connectivity index (χ0v) is 17.8. The molecule has 1 atom stereocenters. The first kappa shape index (κ1) is 21.1. The van der Waals surface area contributed by atoms with E-state index in [-0.39, 0.29) is 18.6 Å². The van der Waals surface area contributed by atoms with E-state index in [1.54, 1.807) is 4.68 Å². The predicted octanol–water partition coefficient (Wildman–Crippen LogP) is 4.97. The largest absolute Gasteiger partial charge is 0.446 e. The lowest BCUT2D eigenvalue weighted by molar-refractivity contribution is -0.156. The van der Waals surface area contributed by atoms with E-state index in [2.05, 4.69) is 18.7 Å². The maximum Gasteiger partial charge on any atom is 0.311 e. The molecule has 0 saturated carbocycles. The molecule has 0 fully saturated rings. The summed E-state index contributed by atoms with van der Waals surface area (Å²) in [5.41, 5.74) is 3.40. The van der Waals surface area contributed by atoms with Crippen LogP contribution in [0.2, 0.25) is 5.02 Å². The minimum atomic E-state index is -0.271. The van der Waals surface area contributed by atoms with Crippen LogP contribution in [0.15, 0.2) is 60.8 Å². The van der Waals surface area contributed by atoms with Crippen molar-refractivity contribution in [2.45, 2.75) is 33.4 Å². The first-order chi connectivity index (χ1) is 14.0. The Labute approximate surface area is 176 Å². The first-order valence-corrected chi connectivity index (χ1v) is 10.2. The molecule has 0 N–H and O–H groups in total. The first-order valence-electron chi connectivity index (χ1n) is 9.85. The van der Waals surface area contributed by atoms with Crippen molar-refractivity contribution in [1.29, 1.82) is 0 Å². The molecule has 2 aromatic carbocycles. The van der Waals surface area contributed by atoms with Gasteiger partial charge in [-0.15, -0.1) is 0 Å². The molecule has 0 bridgehead atoms. The normalized spacial score (nSPS) is 12.2. The Kier molecular flexibility index (Phi) is 7.07. The summed E-state index contributed by atoms with van der Waals surface area (Å²) in [4.78, 5) is 14.7. The summed E-state index contributed by atoms with van der Waals surface area (Å²) in [6, 6.07) is 17.3. The van der Waals surface area contributed by atoms with E-state index in [0.717, 1.165) is 35.6 Å². The van der Waals surface area contributed by atoms with E-state index < -0.39 is 0 Å². The third-order valence-corrected chi connectivity index (χ3v) is 5.14. The van der Waals surface area contributed by atoms with Gasteiger partial charge in [-0.3, -0.25) is 9.69 Å². The van der Waals surface area contributed by atoms with Crippen LogP contribution in [-0.4, -0.2) is 40.0 Å². The summed E-state index contributed by atoms with van der Waals surface area (Å²) in [7, 11) is 0. The molecule has 0 radical (unpaired) electrons. The van der Waals surface area contributed by atoms with Crippen LogP contribution in [0.3, 0.4) is 0 Å². The van der Waals surface area contributed by atoms with Gasteiger partial charge in [0.25, 0.3) is 0 Å². The van der Waals surface area contributed by atoms with Gasteiger partial charge < -0.3 is 4.74 Å². The predicted molar refractivity (Wildman–Crippen MR) is 116 cm³/mol. The second kappa shape index (κ2) is 9.72. The quantitative estimate of drug-likeness (QED) is 0.388. The van der Waals surface area contributed by atoms with Gasteiger partial charge in [0.1, 0.15) is 0 Å². The lowest BCUT2D eigenvalue weighted by Gasteiger charge is -2.25. The standard InChI is InChI=1S/C23H26ClN3O2/c1-4-26(5-2)17(3)29-22(28)15-19-16-27(21-9-7-6-8-10-21)25-23(19)18-11-13-20(24)14-12-18/h6-14,16-17H,4-5,15H2,1-3H3. The van der Waals surface area contributed by atoms with Gasteiger partial charge in [-0.2, -0.15) is 5.10 Å². The molecule has 29 heavy (non-hydrogen) atoms. The lowest BCUT2D eigenvalue weighted by Crippen LogP contribution is -2.36. The van der Waals surface area contributed by atoms with Gasteiger partial charge in [0.2, 0.25) is 0 Å². The average Bonchev–Trinajstić information content (AvgIpc) is 3.13. The van der Waals surface area contributed by atoms with E-state index in [1.807, 2.05) is 67.7 Å². The number of esters is 1. The fraction of sp³-hybridized carbons (Fsp3) is 0.304. The molecule has 3 rings (SSSR count). The molecule has 0 amide bonds. The molecule has 0 aliphatic heterocycles. The molecule has 1 aromatic heterocycles. The Morgan fingerprint density at radius 3 is 2.38 bits per heavy atom. The number of hydrogen-bond donors (Lipinski definition) is 0. The van der Waals surface area contributed by atoms with Crippen molar-refractivity contribution in [3.63, 3.8) is 0 Å². The van der Waals surface area contributed by atoms with E-state index in [0.29, 0.717) is 5.02 Å². The number of benzene rings is 2. The smallest absolute Gasteiger partial charge is 0.311 e. The van der Waals surface area contributed by atoms with Crippen molar-refractivity contribution in [3.05, 3.63) is 71.4 Å². The molecule has 5 nitrogen and oxygen atoms in total. The third-order valence-electron chi connectivity index (χ3n) is 4.89. The highest BCUT2D eigenvalue weighted by atomic mass is 35.5. The number of carbonyl (C=O) groups excluding carboxylic acids is 1. The summed E-state index contributed by atoms with van der Waals surface area (Å²) in [6.07, 6.45) is 1.78.